The molecule has 4 aliphatic rings. The number of hydrogen-bond donors (Lipinski definition) is 1. The number of hydrogen-bond acceptors (Lipinski definition) is 6. The number of Topliss-reactive ketones (excluding diaryl/α,β-unsaturated/α-hetero) is 1. The fourth-order valence-corrected chi connectivity index (χ4v) is 7.96. The van der Waals surface area contributed by atoms with Crippen molar-refractivity contribution in [1.29, 1.82) is 0 Å². The number of rotatable bonds is 5. The van der Waals surface area contributed by atoms with E-state index in [1.165, 1.54) is 0 Å². The average Bonchev–Trinajstić information content (AvgIpc) is 3.48. The molecule has 1 aliphatic heterocycles. The van der Waals surface area contributed by atoms with E-state index in [2.05, 4.69) is 27.4 Å². The van der Waals surface area contributed by atoms with E-state index in [9.17, 15) is 14.7 Å². The van der Waals surface area contributed by atoms with Gasteiger partial charge in [0.1, 0.15) is 17.6 Å². The summed E-state index contributed by atoms with van der Waals surface area (Å²) in [5.41, 5.74) is 0.570. The first-order valence-electron chi connectivity index (χ1n) is 13.3. The molecule has 0 saturated heterocycles. The van der Waals surface area contributed by atoms with Crippen LogP contribution in [0.1, 0.15) is 65.4 Å². The minimum atomic E-state index is -0.677. The third-order valence-electron chi connectivity index (χ3n) is 10.5. The van der Waals surface area contributed by atoms with E-state index in [4.69, 9.17) is 14.1 Å². The molecule has 2 bridgehead atoms. The Labute approximate surface area is 220 Å². The SMILES string of the molecule is C=C[C@]1(C)C[C@@H](OC(=O)COc2ccc3c(c2)[B]OC3)[C@]2(C)[C@H](C)CC[C@]3(CCC(=O)[C@H]32)[C@@H](C)[C@@H]1O.O. The molecule has 0 amide bonds. The van der Waals surface area contributed by atoms with Gasteiger partial charge in [-0.25, -0.2) is 4.79 Å². The number of aliphatic hydroxyl groups is 1. The van der Waals surface area contributed by atoms with Gasteiger partial charge in [-0.05, 0) is 66.1 Å². The number of benzene rings is 1. The van der Waals surface area contributed by atoms with Crippen LogP contribution in [0.5, 0.6) is 5.75 Å². The molecule has 1 aromatic rings. The highest BCUT2D eigenvalue weighted by Crippen LogP contribution is 2.67. The summed E-state index contributed by atoms with van der Waals surface area (Å²) < 4.78 is 17.4. The van der Waals surface area contributed by atoms with Crippen LogP contribution >= 0.6 is 0 Å². The normalized spacial score (nSPS) is 40.2. The van der Waals surface area contributed by atoms with Gasteiger partial charge < -0.3 is 24.7 Å². The Morgan fingerprint density at radius 2 is 2.05 bits per heavy atom. The van der Waals surface area contributed by atoms with Gasteiger partial charge in [-0.2, -0.15) is 0 Å². The molecule has 8 atom stereocenters. The molecule has 0 spiro atoms. The number of aliphatic hydroxyl groups excluding tert-OH is 1. The van der Waals surface area contributed by atoms with E-state index in [1.54, 1.807) is 7.48 Å². The molecule has 201 valence electrons. The summed E-state index contributed by atoms with van der Waals surface area (Å²) in [6.45, 7) is 12.8. The standard InChI is InChI=1S/C29H38BO6.H2O/c1-6-27(4)14-23(36-24(32)16-34-20-8-7-19-15-35-30-21(19)13-20)28(5)17(2)9-11-29(18(3)26(27)33)12-10-22(31)25(28)29;/h6-8,13,17-18,23,25-26,33H,1,9-12,14-16H2,2-5H3;1H2/t17-,18+,23-,25+,26+,27-,28+,29+;/m1./s1. The van der Waals surface area contributed by atoms with Crippen LogP contribution in [0.25, 0.3) is 0 Å². The van der Waals surface area contributed by atoms with Gasteiger partial charge in [-0.1, -0.05) is 39.8 Å². The van der Waals surface area contributed by atoms with Gasteiger partial charge in [0.15, 0.2) is 6.61 Å². The smallest absolute Gasteiger partial charge is 0.344 e. The lowest BCUT2D eigenvalue weighted by molar-refractivity contribution is -0.207. The minimum Gasteiger partial charge on any atom is -0.482 e. The Morgan fingerprint density at radius 3 is 2.78 bits per heavy atom. The van der Waals surface area contributed by atoms with Gasteiger partial charge in [0.2, 0.25) is 0 Å². The second-order valence-corrected chi connectivity index (χ2v) is 12.1. The second-order valence-electron chi connectivity index (χ2n) is 12.1. The zero-order chi connectivity index (χ0) is 25.9. The Hall–Kier alpha value is -2.16. The van der Waals surface area contributed by atoms with Crippen LogP contribution in [0, 0.1) is 34.0 Å². The zero-order valence-corrected chi connectivity index (χ0v) is 22.4. The van der Waals surface area contributed by atoms with Crippen molar-refractivity contribution in [2.75, 3.05) is 6.61 Å². The fourth-order valence-electron chi connectivity index (χ4n) is 7.96. The Balaban J connectivity index is 0.00000320. The molecule has 3 aliphatic carbocycles. The van der Waals surface area contributed by atoms with Crippen LogP contribution < -0.4 is 10.2 Å². The molecule has 8 heteroatoms. The molecule has 3 saturated carbocycles. The lowest BCUT2D eigenvalue weighted by Crippen LogP contribution is -2.63. The van der Waals surface area contributed by atoms with E-state index >= 15 is 0 Å². The highest BCUT2D eigenvalue weighted by Gasteiger charge is 2.68. The Morgan fingerprint density at radius 1 is 1.30 bits per heavy atom. The van der Waals surface area contributed by atoms with Crippen LogP contribution in [0.3, 0.4) is 0 Å². The summed E-state index contributed by atoms with van der Waals surface area (Å²) in [7, 11) is 1.69. The third-order valence-corrected chi connectivity index (χ3v) is 10.5. The first-order valence-corrected chi connectivity index (χ1v) is 13.3. The van der Waals surface area contributed by atoms with Crippen molar-refractivity contribution >= 4 is 24.7 Å². The van der Waals surface area contributed by atoms with Crippen molar-refractivity contribution in [3.8, 4) is 5.75 Å². The van der Waals surface area contributed by atoms with Gasteiger partial charge in [-0.3, -0.25) is 4.79 Å². The molecule has 1 radical (unpaired) electrons. The summed E-state index contributed by atoms with van der Waals surface area (Å²) in [5.74, 6) is 0.264. The number of esters is 1. The monoisotopic (exact) mass is 511 g/mol. The van der Waals surface area contributed by atoms with Crippen molar-refractivity contribution in [3.63, 3.8) is 0 Å². The highest BCUT2D eigenvalue weighted by atomic mass is 16.6. The second kappa shape index (κ2) is 9.86. The largest absolute Gasteiger partial charge is 0.482 e. The Kier molecular flexibility index (Phi) is 7.43. The zero-order valence-electron chi connectivity index (χ0n) is 22.4. The summed E-state index contributed by atoms with van der Waals surface area (Å²) in [6, 6.07) is 5.61. The summed E-state index contributed by atoms with van der Waals surface area (Å²) >= 11 is 0. The molecule has 3 N–H and O–H groups in total. The molecule has 1 heterocycles. The van der Waals surface area contributed by atoms with E-state index < -0.39 is 29.0 Å². The maximum atomic E-state index is 13.5. The van der Waals surface area contributed by atoms with E-state index in [-0.39, 0.29) is 41.0 Å². The van der Waals surface area contributed by atoms with Gasteiger partial charge >= 0.3 is 13.5 Å². The molecule has 5 rings (SSSR count). The van der Waals surface area contributed by atoms with Crippen molar-refractivity contribution in [3.05, 3.63) is 36.4 Å². The molecular weight excluding hydrogens is 471 g/mol. The van der Waals surface area contributed by atoms with Crippen LogP contribution in [0.2, 0.25) is 0 Å². The molecular formula is C29H40BO7. The fraction of sp³-hybridized carbons (Fsp3) is 0.655. The number of ketones is 1. The van der Waals surface area contributed by atoms with E-state index in [1.807, 2.05) is 31.2 Å². The highest BCUT2D eigenvalue weighted by molar-refractivity contribution is 6.48. The van der Waals surface area contributed by atoms with Crippen LogP contribution in [0.15, 0.2) is 30.9 Å². The summed E-state index contributed by atoms with van der Waals surface area (Å²) in [4.78, 5) is 26.7. The van der Waals surface area contributed by atoms with Crippen molar-refractivity contribution in [1.82, 2.24) is 0 Å². The summed E-state index contributed by atoms with van der Waals surface area (Å²) in [6.07, 6.45) is 4.18. The van der Waals surface area contributed by atoms with Crippen LogP contribution in [0.4, 0.5) is 0 Å². The van der Waals surface area contributed by atoms with Gasteiger partial charge in [-0.15, -0.1) is 6.58 Å². The lowest BCUT2D eigenvalue weighted by Gasteiger charge is -2.61. The number of fused-ring (bicyclic) bond motifs is 1. The topological polar surface area (TPSA) is 114 Å². The number of carbonyl (C=O) groups excluding carboxylic acids is 2. The predicted octanol–water partition coefficient (Wildman–Crippen LogP) is 2.92. The molecule has 7 nitrogen and oxygen atoms in total. The third kappa shape index (κ3) is 4.25. The van der Waals surface area contributed by atoms with Crippen molar-refractivity contribution in [2.45, 2.75) is 78.6 Å². The molecule has 0 unspecified atom stereocenters. The van der Waals surface area contributed by atoms with Crippen molar-refractivity contribution in [2.24, 2.45) is 34.0 Å². The molecule has 1 aromatic carbocycles. The first-order chi connectivity index (χ1) is 17.0. The minimum absolute atomic E-state index is 0. The van der Waals surface area contributed by atoms with Crippen LogP contribution in [-0.2, 0) is 25.6 Å². The number of ether oxygens (including phenoxy) is 2. The maximum Gasteiger partial charge on any atom is 0.344 e. The van der Waals surface area contributed by atoms with E-state index in [0.717, 1.165) is 30.3 Å². The molecule has 3 fully saturated rings. The average molecular weight is 511 g/mol. The lowest BCUT2D eigenvalue weighted by atomic mass is 9.44. The maximum absolute atomic E-state index is 13.5. The van der Waals surface area contributed by atoms with Gasteiger partial charge in [0.05, 0.1) is 12.7 Å². The van der Waals surface area contributed by atoms with Gasteiger partial charge in [0, 0.05) is 23.2 Å². The molecule has 0 aromatic heterocycles. The summed E-state index contributed by atoms with van der Waals surface area (Å²) in [5, 5.41) is 11.6. The number of carbonyl (C=O) groups is 2. The van der Waals surface area contributed by atoms with Crippen LogP contribution in [-0.4, -0.2) is 48.6 Å². The first kappa shape index (κ1) is 27.9. The quantitative estimate of drug-likeness (QED) is 0.370. The Bertz CT molecular complexity index is 1070. The van der Waals surface area contributed by atoms with Gasteiger partial charge in [0.25, 0.3) is 0 Å². The molecule has 37 heavy (non-hydrogen) atoms. The predicted molar refractivity (Wildman–Crippen MR) is 140 cm³/mol. The van der Waals surface area contributed by atoms with Crippen molar-refractivity contribution < 1.29 is 34.3 Å². The van der Waals surface area contributed by atoms with E-state index in [0.29, 0.717) is 25.2 Å².